The molecule has 9 heteroatoms. The molecule has 0 N–H and O–H groups in total. The van der Waals surface area contributed by atoms with Crippen LogP contribution in [0, 0.1) is 0 Å². The molecule has 0 aliphatic heterocycles. The molecule has 128 valence electrons. The number of imidazole rings is 1. The molecule has 4 aromatic heterocycles. The van der Waals surface area contributed by atoms with Gasteiger partial charge in [0, 0.05) is 10.8 Å². The monoisotopic (exact) mass is 365 g/mol. The van der Waals surface area contributed by atoms with Gasteiger partial charge in [0.05, 0.1) is 11.7 Å². The van der Waals surface area contributed by atoms with Gasteiger partial charge in [-0.1, -0.05) is 24.2 Å². The number of para-hydroxylation sites is 1. The summed E-state index contributed by atoms with van der Waals surface area (Å²) >= 11 is 6.34. The Morgan fingerprint density at radius 2 is 2.00 bits per heavy atom. The zero-order chi connectivity index (χ0) is 17.5. The van der Waals surface area contributed by atoms with E-state index in [0.717, 1.165) is 29.4 Å². The van der Waals surface area contributed by atoms with Crippen molar-refractivity contribution in [2.75, 3.05) is 0 Å². The third-order valence-corrected chi connectivity index (χ3v) is 5.40. The Morgan fingerprint density at radius 1 is 1.15 bits per heavy atom. The maximum absolute atomic E-state index is 6.34. The van der Waals surface area contributed by atoms with Crippen molar-refractivity contribution in [3.05, 3.63) is 41.6 Å². The normalized spacial score (nSPS) is 16.1. The Labute approximate surface area is 151 Å². The van der Waals surface area contributed by atoms with Crippen LogP contribution < -0.4 is 0 Å². The molecule has 0 unspecified atom stereocenters. The van der Waals surface area contributed by atoms with Crippen LogP contribution in [0.25, 0.3) is 33.9 Å². The minimum Gasteiger partial charge on any atom is -0.330 e. The number of fused-ring (bicyclic) bond motifs is 6. The van der Waals surface area contributed by atoms with Crippen LogP contribution in [0.2, 0.25) is 5.28 Å². The van der Waals surface area contributed by atoms with Crippen LogP contribution in [-0.4, -0.2) is 34.1 Å². The van der Waals surface area contributed by atoms with E-state index in [1.54, 1.807) is 6.20 Å². The van der Waals surface area contributed by atoms with Gasteiger partial charge in [-0.15, -0.1) is 10.2 Å². The fourth-order valence-electron chi connectivity index (χ4n) is 3.34. The largest absolute Gasteiger partial charge is 0.330 e. The van der Waals surface area contributed by atoms with Gasteiger partial charge in [-0.2, -0.15) is 4.98 Å². The quantitative estimate of drug-likeness (QED) is 0.477. The zero-order valence-electron chi connectivity index (χ0n) is 13.7. The van der Waals surface area contributed by atoms with E-state index in [2.05, 4.69) is 32.2 Å². The second-order valence-electron chi connectivity index (χ2n) is 6.90. The van der Waals surface area contributed by atoms with E-state index in [1.807, 2.05) is 33.1 Å². The van der Waals surface area contributed by atoms with Crippen LogP contribution in [0.5, 0.6) is 0 Å². The first-order valence-corrected chi connectivity index (χ1v) is 8.67. The van der Waals surface area contributed by atoms with Crippen molar-refractivity contribution in [2.24, 2.45) is 0 Å². The van der Waals surface area contributed by atoms with E-state index in [-0.39, 0.29) is 5.41 Å². The van der Waals surface area contributed by atoms with E-state index in [4.69, 9.17) is 16.1 Å². The first-order chi connectivity index (χ1) is 12.7. The molecule has 8 nitrogen and oxygen atoms in total. The van der Waals surface area contributed by atoms with Crippen molar-refractivity contribution in [1.29, 1.82) is 0 Å². The molecular weight excluding hydrogens is 354 g/mol. The Kier molecular flexibility index (Phi) is 2.50. The summed E-state index contributed by atoms with van der Waals surface area (Å²) in [5.41, 5.74) is 2.36. The summed E-state index contributed by atoms with van der Waals surface area (Å²) < 4.78 is 9.22. The molecule has 0 saturated heterocycles. The van der Waals surface area contributed by atoms with Gasteiger partial charge in [0.1, 0.15) is 5.65 Å². The summed E-state index contributed by atoms with van der Waals surface area (Å²) in [5, 5.41) is 14.1. The number of halogens is 1. The Morgan fingerprint density at radius 3 is 2.85 bits per heavy atom. The maximum atomic E-state index is 6.34. The first-order valence-electron chi connectivity index (χ1n) is 8.29. The van der Waals surface area contributed by atoms with E-state index >= 15 is 0 Å². The predicted octanol–water partition coefficient (Wildman–Crippen LogP) is 3.29. The summed E-state index contributed by atoms with van der Waals surface area (Å²) in [5.74, 6) is 1.54. The van der Waals surface area contributed by atoms with Crippen LogP contribution in [0.3, 0.4) is 0 Å². The van der Waals surface area contributed by atoms with E-state index in [9.17, 15) is 0 Å². The maximum Gasteiger partial charge on any atom is 0.296 e. The number of rotatable bonds is 2. The van der Waals surface area contributed by atoms with E-state index in [0.29, 0.717) is 28.5 Å². The third-order valence-electron chi connectivity index (χ3n) is 5.14. The highest BCUT2D eigenvalue weighted by Gasteiger charge is 2.44. The van der Waals surface area contributed by atoms with Gasteiger partial charge < -0.3 is 4.52 Å². The molecule has 1 aliphatic rings. The number of aromatic nitrogens is 7. The molecule has 1 saturated carbocycles. The lowest BCUT2D eigenvalue weighted by Crippen LogP contribution is -2.02. The summed E-state index contributed by atoms with van der Waals surface area (Å²) in [7, 11) is 0. The lowest BCUT2D eigenvalue weighted by atomic mass is 10.1. The van der Waals surface area contributed by atoms with Gasteiger partial charge in [0.15, 0.2) is 11.5 Å². The van der Waals surface area contributed by atoms with Crippen LogP contribution in [-0.2, 0) is 5.41 Å². The van der Waals surface area contributed by atoms with Crippen LogP contribution in [0.4, 0.5) is 0 Å². The SMILES string of the molecule is CC1(c2noc(-c3nnc4c5ccccc5n5c(Cl)ncc5n34)n2)CC1. The summed E-state index contributed by atoms with van der Waals surface area (Å²) in [6.45, 7) is 2.13. The Balaban J connectivity index is 1.72. The first kappa shape index (κ1) is 14.2. The molecule has 0 spiro atoms. The van der Waals surface area contributed by atoms with Crippen molar-refractivity contribution in [2.45, 2.75) is 25.2 Å². The highest BCUT2D eigenvalue weighted by molar-refractivity contribution is 6.29. The smallest absolute Gasteiger partial charge is 0.296 e. The average Bonchev–Trinajstić information content (AvgIpc) is 3.06. The van der Waals surface area contributed by atoms with Crippen molar-refractivity contribution in [3.8, 4) is 11.7 Å². The van der Waals surface area contributed by atoms with Gasteiger partial charge in [-0.25, -0.2) is 4.98 Å². The Bertz CT molecular complexity index is 1330. The second kappa shape index (κ2) is 4.59. The average molecular weight is 366 g/mol. The van der Waals surface area contributed by atoms with Crippen molar-refractivity contribution in [1.82, 2.24) is 34.1 Å². The number of hydrogen-bond donors (Lipinski definition) is 0. The molecule has 0 bridgehead atoms. The molecule has 1 aliphatic carbocycles. The van der Waals surface area contributed by atoms with Gasteiger partial charge in [-0.05, 0) is 36.6 Å². The van der Waals surface area contributed by atoms with E-state index < -0.39 is 0 Å². The molecule has 0 radical (unpaired) electrons. The van der Waals surface area contributed by atoms with Crippen molar-refractivity contribution in [3.63, 3.8) is 0 Å². The second-order valence-corrected chi connectivity index (χ2v) is 7.24. The molecule has 0 amide bonds. The number of benzene rings is 1. The lowest BCUT2D eigenvalue weighted by molar-refractivity contribution is 0.413. The highest BCUT2D eigenvalue weighted by Crippen LogP contribution is 2.46. The summed E-state index contributed by atoms with van der Waals surface area (Å²) in [6, 6.07) is 7.85. The third kappa shape index (κ3) is 1.71. The molecule has 6 rings (SSSR count). The Hall–Kier alpha value is -3.00. The summed E-state index contributed by atoms with van der Waals surface area (Å²) in [4.78, 5) is 8.82. The van der Waals surface area contributed by atoms with Crippen molar-refractivity contribution >= 4 is 33.8 Å². The standard InChI is InChI=1S/C17H12ClN7O/c1-17(6-7-17)15-20-14(26-23-15)13-22-21-12-9-4-2-3-5-10(9)24-11(25(12)13)8-19-16(24)18/h2-5,8H,6-7H2,1H3. The van der Waals surface area contributed by atoms with Gasteiger partial charge in [0.2, 0.25) is 11.1 Å². The van der Waals surface area contributed by atoms with Crippen LogP contribution in [0.1, 0.15) is 25.6 Å². The molecule has 26 heavy (non-hydrogen) atoms. The van der Waals surface area contributed by atoms with Gasteiger partial charge in [-0.3, -0.25) is 8.80 Å². The van der Waals surface area contributed by atoms with Crippen molar-refractivity contribution < 1.29 is 4.52 Å². The van der Waals surface area contributed by atoms with Gasteiger partial charge in [0.25, 0.3) is 5.89 Å². The molecule has 5 aromatic rings. The number of nitrogens with zero attached hydrogens (tertiary/aromatic N) is 7. The molecular formula is C17H12ClN7O. The fourth-order valence-corrected chi connectivity index (χ4v) is 3.57. The fraction of sp³-hybridized carbons (Fsp3) is 0.235. The minimum absolute atomic E-state index is 0.0180. The summed E-state index contributed by atoms with van der Waals surface area (Å²) in [6.07, 6.45) is 3.83. The topological polar surface area (TPSA) is 86.4 Å². The van der Waals surface area contributed by atoms with Crippen LogP contribution >= 0.6 is 11.6 Å². The lowest BCUT2D eigenvalue weighted by Gasteiger charge is -2.06. The number of hydrogen-bond acceptors (Lipinski definition) is 6. The molecule has 1 aromatic carbocycles. The molecule has 0 atom stereocenters. The predicted molar refractivity (Wildman–Crippen MR) is 94.1 cm³/mol. The van der Waals surface area contributed by atoms with Crippen LogP contribution in [0.15, 0.2) is 35.0 Å². The highest BCUT2D eigenvalue weighted by atomic mass is 35.5. The van der Waals surface area contributed by atoms with E-state index in [1.165, 1.54) is 0 Å². The van der Waals surface area contributed by atoms with Gasteiger partial charge >= 0.3 is 0 Å². The molecule has 4 heterocycles. The minimum atomic E-state index is 0.0180. The zero-order valence-corrected chi connectivity index (χ0v) is 14.5. The molecule has 1 fully saturated rings.